The summed E-state index contributed by atoms with van der Waals surface area (Å²) in [5.41, 5.74) is 1.05. The standard InChI is InChI=1S/C17H21BrN2O2/c1-12(2)17(21)20-9-8-19-11-15-6-7-16(22-15)13-4-3-5-14(18)10-13/h3-7,10,12,19H,8-9,11H2,1-2H3,(H,20,21). The van der Waals surface area contributed by atoms with Crippen molar-refractivity contribution in [2.24, 2.45) is 5.92 Å². The topological polar surface area (TPSA) is 54.3 Å². The first-order chi connectivity index (χ1) is 10.6. The Kier molecular flexibility index (Phi) is 6.21. The van der Waals surface area contributed by atoms with Crippen LogP contribution < -0.4 is 10.6 Å². The molecule has 1 heterocycles. The number of hydrogen-bond acceptors (Lipinski definition) is 3. The lowest BCUT2D eigenvalue weighted by Gasteiger charge is -2.07. The molecule has 1 amide bonds. The van der Waals surface area contributed by atoms with E-state index < -0.39 is 0 Å². The van der Waals surface area contributed by atoms with E-state index in [2.05, 4.69) is 26.6 Å². The lowest BCUT2D eigenvalue weighted by Crippen LogP contribution is -2.34. The first-order valence-electron chi connectivity index (χ1n) is 7.39. The monoisotopic (exact) mass is 364 g/mol. The highest BCUT2D eigenvalue weighted by Crippen LogP contribution is 2.24. The van der Waals surface area contributed by atoms with Gasteiger partial charge in [0.1, 0.15) is 11.5 Å². The smallest absolute Gasteiger partial charge is 0.222 e. The van der Waals surface area contributed by atoms with Gasteiger partial charge in [-0.15, -0.1) is 0 Å². The predicted octanol–water partition coefficient (Wildman–Crippen LogP) is 3.57. The molecule has 1 aromatic carbocycles. The Bertz CT molecular complexity index is 623. The molecule has 1 aromatic heterocycles. The molecule has 0 atom stereocenters. The van der Waals surface area contributed by atoms with Gasteiger partial charge in [0.15, 0.2) is 0 Å². The van der Waals surface area contributed by atoms with Gasteiger partial charge in [0.2, 0.25) is 5.91 Å². The molecule has 0 spiro atoms. The molecule has 4 nitrogen and oxygen atoms in total. The normalized spacial score (nSPS) is 10.9. The van der Waals surface area contributed by atoms with Crippen LogP contribution in [0.2, 0.25) is 0 Å². The second kappa shape index (κ2) is 8.15. The molecule has 2 N–H and O–H groups in total. The number of hydrogen-bond donors (Lipinski definition) is 2. The minimum atomic E-state index is 0.0258. The van der Waals surface area contributed by atoms with E-state index in [1.807, 2.05) is 50.2 Å². The Hall–Kier alpha value is -1.59. The lowest BCUT2D eigenvalue weighted by atomic mass is 10.2. The predicted molar refractivity (Wildman–Crippen MR) is 91.4 cm³/mol. The second-order valence-electron chi connectivity index (χ2n) is 5.40. The molecule has 0 radical (unpaired) electrons. The van der Waals surface area contributed by atoms with Gasteiger partial charge < -0.3 is 15.1 Å². The number of carbonyl (C=O) groups excluding carboxylic acids is 1. The molecular weight excluding hydrogens is 344 g/mol. The maximum Gasteiger partial charge on any atom is 0.222 e. The van der Waals surface area contributed by atoms with Crippen LogP contribution in [0.5, 0.6) is 0 Å². The van der Waals surface area contributed by atoms with E-state index in [4.69, 9.17) is 4.42 Å². The van der Waals surface area contributed by atoms with E-state index in [0.29, 0.717) is 19.6 Å². The van der Waals surface area contributed by atoms with Crippen LogP contribution in [0.15, 0.2) is 45.3 Å². The molecule has 0 aliphatic heterocycles. The zero-order chi connectivity index (χ0) is 15.9. The highest BCUT2D eigenvalue weighted by Gasteiger charge is 2.06. The highest BCUT2D eigenvalue weighted by atomic mass is 79.9. The highest BCUT2D eigenvalue weighted by molar-refractivity contribution is 9.10. The number of furan rings is 1. The van der Waals surface area contributed by atoms with Crippen LogP contribution in [-0.4, -0.2) is 19.0 Å². The third kappa shape index (κ3) is 5.00. The van der Waals surface area contributed by atoms with E-state index in [9.17, 15) is 4.79 Å². The molecule has 0 aliphatic rings. The molecule has 0 unspecified atom stereocenters. The van der Waals surface area contributed by atoms with Crippen LogP contribution in [0.1, 0.15) is 19.6 Å². The number of halogens is 1. The summed E-state index contributed by atoms with van der Waals surface area (Å²) in [5.74, 6) is 1.84. The summed E-state index contributed by atoms with van der Waals surface area (Å²) in [4.78, 5) is 11.4. The number of rotatable bonds is 7. The van der Waals surface area contributed by atoms with Crippen LogP contribution >= 0.6 is 15.9 Å². The molecule has 0 bridgehead atoms. The molecule has 22 heavy (non-hydrogen) atoms. The van der Waals surface area contributed by atoms with Gasteiger partial charge >= 0.3 is 0 Å². The van der Waals surface area contributed by atoms with E-state index >= 15 is 0 Å². The van der Waals surface area contributed by atoms with E-state index in [0.717, 1.165) is 21.6 Å². The van der Waals surface area contributed by atoms with Gasteiger partial charge in [-0.2, -0.15) is 0 Å². The second-order valence-corrected chi connectivity index (χ2v) is 6.31. The Labute approximate surface area is 139 Å². The molecule has 0 saturated carbocycles. The zero-order valence-electron chi connectivity index (χ0n) is 12.9. The fourth-order valence-electron chi connectivity index (χ4n) is 1.96. The third-order valence-electron chi connectivity index (χ3n) is 3.20. The van der Waals surface area contributed by atoms with Gasteiger partial charge in [0.05, 0.1) is 6.54 Å². The molecule has 0 aliphatic carbocycles. The molecule has 0 fully saturated rings. The van der Waals surface area contributed by atoms with Crippen molar-refractivity contribution in [2.45, 2.75) is 20.4 Å². The van der Waals surface area contributed by atoms with E-state index in [1.54, 1.807) is 0 Å². The van der Waals surface area contributed by atoms with Gasteiger partial charge in [-0.05, 0) is 24.3 Å². The Balaban J connectivity index is 1.77. The van der Waals surface area contributed by atoms with Gasteiger partial charge in [-0.1, -0.05) is 41.9 Å². The average Bonchev–Trinajstić information content (AvgIpc) is 2.95. The fraction of sp³-hybridized carbons (Fsp3) is 0.353. The van der Waals surface area contributed by atoms with Crippen molar-refractivity contribution >= 4 is 21.8 Å². The lowest BCUT2D eigenvalue weighted by molar-refractivity contribution is -0.123. The summed E-state index contributed by atoms with van der Waals surface area (Å²) in [6, 6.07) is 12.0. The minimum absolute atomic E-state index is 0.0258. The zero-order valence-corrected chi connectivity index (χ0v) is 14.4. The summed E-state index contributed by atoms with van der Waals surface area (Å²) in [5, 5.41) is 6.12. The Morgan fingerprint density at radius 3 is 2.77 bits per heavy atom. The first kappa shape index (κ1) is 16.8. The van der Waals surface area contributed by atoms with Crippen molar-refractivity contribution in [3.05, 3.63) is 46.6 Å². The Morgan fingerprint density at radius 2 is 2.05 bits per heavy atom. The maximum absolute atomic E-state index is 11.4. The van der Waals surface area contributed by atoms with Gasteiger partial charge in [-0.25, -0.2) is 0 Å². The van der Waals surface area contributed by atoms with Crippen molar-refractivity contribution in [2.75, 3.05) is 13.1 Å². The summed E-state index contributed by atoms with van der Waals surface area (Å²) in [7, 11) is 0. The molecule has 2 aromatic rings. The van der Waals surface area contributed by atoms with Crippen molar-refractivity contribution in [1.29, 1.82) is 0 Å². The molecule has 0 saturated heterocycles. The molecule has 5 heteroatoms. The van der Waals surface area contributed by atoms with Gasteiger partial charge in [-0.3, -0.25) is 4.79 Å². The third-order valence-corrected chi connectivity index (χ3v) is 3.69. The minimum Gasteiger partial charge on any atom is -0.460 e. The maximum atomic E-state index is 11.4. The van der Waals surface area contributed by atoms with E-state index in [1.165, 1.54) is 0 Å². The first-order valence-corrected chi connectivity index (χ1v) is 8.18. The van der Waals surface area contributed by atoms with Crippen molar-refractivity contribution < 1.29 is 9.21 Å². The van der Waals surface area contributed by atoms with E-state index in [-0.39, 0.29) is 11.8 Å². The molecule has 2 rings (SSSR count). The fourth-order valence-corrected chi connectivity index (χ4v) is 2.36. The quantitative estimate of drug-likeness (QED) is 0.738. The summed E-state index contributed by atoms with van der Waals surface area (Å²) >= 11 is 3.46. The van der Waals surface area contributed by atoms with Crippen LogP contribution in [0.25, 0.3) is 11.3 Å². The summed E-state index contributed by atoms with van der Waals surface area (Å²) < 4.78 is 6.85. The largest absolute Gasteiger partial charge is 0.460 e. The van der Waals surface area contributed by atoms with Crippen LogP contribution in [0.3, 0.4) is 0 Å². The van der Waals surface area contributed by atoms with Crippen molar-refractivity contribution in [3.63, 3.8) is 0 Å². The number of amides is 1. The van der Waals surface area contributed by atoms with Gasteiger partial charge in [0, 0.05) is 29.0 Å². The average molecular weight is 365 g/mol. The Morgan fingerprint density at radius 1 is 1.23 bits per heavy atom. The van der Waals surface area contributed by atoms with Crippen LogP contribution in [0.4, 0.5) is 0 Å². The van der Waals surface area contributed by atoms with Crippen LogP contribution in [0, 0.1) is 5.92 Å². The van der Waals surface area contributed by atoms with Crippen molar-refractivity contribution in [3.8, 4) is 11.3 Å². The van der Waals surface area contributed by atoms with Crippen molar-refractivity contribution in [1.82, 2.24) is 10.6 Å². The number of nitrogens with one attached hydrogen (secondary N) is 2. The summed E-state index contributed by atoms with van der Waals surface area (Å²) in [6.45, 7) is 5.75. The molecule has 118 valence electrons. The summed E-state index contributed by atoms with van der Waals surface area (Å²) in [6.07, 6.45) is 0. The number of carbonyl (C=O) groups is 1. The number of benzene rings is 1. The van der Waals surface area contributed by atoms with Gasteiger partial charge in [0.25, 0.3) is 0 Å². The van der Waals surface area contributed by atoms with Crippen LogP contribution in [-0.2, 0) is 11.3 Å². The SMILES string of the molecule is CC(C)C(=O)NCCNCc1ccc(-c2cccc(Br)c2)o1. The molecular formula is C17H21BrN2O2.